The topological polar surface area (TPSA) is 6.48 Å². The fourth-order valence-corrected chi connectivity index (χ4v) is 13.1. The van der Waals surface area contributed by atoms with Crippen LogP contribution in [0, 0.1) is 5.92 Å². The number of fused-ring (bicyclic) bond motifs is 6. The van der Waals surface area contributed by atoms with Crippen molar-refractivity contribution < 1.29 is 0 Å². The zero-order valence-corrected chi connectivity index (χ0v) is 40.4. The van der Waals surface area contributed by atoms with Gasteiger partial charge in [0.1, 0.15) is 0 Å². The summed E-state index contributed by atoms with van der Waals surface area (Å²) in [6, 6.07) is 58.3. The van der Waals surface area contributed by atoms with Crippen molar-refractivity contribution >= 4 is 124 Å². The predicted molar refractivity (Wildman–Crippen MR) is 292 cm³/mol. The second kappa shape index (κ2) is 15.6. The van der Waals surface area contributed by atoms with Gasteiger partial charge in [-0.3, -0.25) is 0 Å². The minimum atomic E-state index is 0.0120. The SMILES string of the molecule is CC(C)C1=CCC(N(c2cc(N(c3ccc(C(C)C)cc3)c3cccc4c3sc3ccccc34)c3ccc4cc(C(C)(C)C)cc5ccc2c3c45)c2cccc3c2sc2ccccc23)C=C1. The van der Waals surface area contributed by atoms with Crippen LogP contribution in [-0.2, 0) is 5.41 Å². The van der Waals surface area contributed by atoms with E-state index in [4.69, 9.17) is 0 Å². The lowest BCUT2D eigenvalue weighted by atomic mass is 9.83. The number of anilines is 5. The number of hydrogen-bond donors (Lipinski definition) is 0. The standard InChI is InChI=1S/C62H54N2S2/c1-37(2)39-22-28-44(29-23-39)63(52-18-12-16-48-46-14-8-10-20-56(46)65-60(48)52)54-36-55(51-33-27-42-35-43(62(5,6)7)34-41-26-32-50(54)59(51)58(41)42)64(45-30-24-40(25-31-45)38(3)4)53-19-13-17-49-47-15-9-11-21-57(47)66-61(49)53/h8-30,32-38,45H,31H2,1-7H3. The quantitative estimate of drug-likeness (QED) is 0.140. The molecule has 0 fully saturated rings. The van der Waals surface area contributed by atoms with Crippen molar-refractivity contribution in [1.29, 1.82) is 0 Å². The summed E-state index contributed by atoms with van der Waals surface area (Å²) in [5.74, 6) is 0.893. The van der Waals surface area contributed by atoms with Gasteiger partial charge in [-0.25, -0.2) is 0 Å². The average Bonchev–Trinajstić information content (AvgIpc) is 3.91. The molecule has 0 saturated heterocycles. The van der Waals surface area contributed by atoms with E-state index in [1.165, 1.54) is 112 Å². The van der Waals surface area contributed by atoms with Crippen LogP contribution in [0.15, 0.2) is 175 Å². The van der Waals surface area contributed by atoms with Crippen molar-refractivity contribution in [3.63, 3.8) is 0 Å². The van der Waals surface area contributed by atoms with Gasteiger partial charge in [-0.2, -0.15) is 0 Å². The van der Waals surface area contributed by atoms with Crippen molar-refractivity contribution in [2.45, 2.75) is 72.3 Å². The molecule has 0 aliphatic heterocycles. The molecular formula is C62H54N2S2. The van der Waals surface area contributed by atoms with Gasteiger partial charge in [0.25, 0.3) is 0 Å². The van der Waals surface area contributed by atoms with Gasteiger partial charge in [0, 0.05) is 52.8 Å². The van der Waals surface area contributed by atoms with Gasteiger partial charge in [-0.05, 0) is 99.0 Å². The van der Waals surface area contributed by atoms with Crippen LogP contribution in [0.3, 0.4) is 0 Å². The van der Waals surface area contributed by atoms with E-state index in [0.29, 0.717) is 11.8 Å². The Bertz CT molecular complexity index is 3720. The molecule has 1 aliphatic rings. The summed E-state index contributed by atoms with van der Waals surface area (Å²) < 4.78 is 5.24. The monoisotopic (exact) mass is 890 g/mol. The van der Waals surface area contributed by atoms with Crippen LogP contribution in [0.2, 0.25) is 0 Å². The van der Waals surface area contributed by atoms with Crippen LogP contribution in [0.25, 0.3) is 72.7 Å². The summed E-state index contributed by atoms with van der Waals surface area (Å²) in [4.78, 5) is 5.29. The average molecular weight is 891 g/mol. The van der Waals surface area contributed by atoms with Crippen molar-refractivity contribution in [3.8, 4) is 0 Å². The first-order valence-electron chi connectivity index (χ1n) is 23.7. The second-order valence-electron chi connectivity index (χ2n) is 20.0. The maximum atomic E-state index is 2.71. The van der Waals surface area contributed by atoms with Gasteiger partial charge in [0.2, 0.25) is 0 Å². The summed E-state index contributed by atoms with van der Waals surface area (Å²) >= 11 is 3.82. The molecule has 4 heteroatoms. The molecule has 9 aromatic carbocycles. The van der Waals surface area contributed by atoms with Gasteiger partial charge in [-0.15, -0.1) is 22.7 Å². The van der Waals surface area contributed by atoms with E-state index in [1.807, 2.05) is 22.7 Å². The highest BCUT2D eigenvalue weighted by molar-refractivity contribution is 7.26. The Morgan fingerprint density at radius 2 is 1.09 bits per heavy atom. The number of rotatable bonds is 8. The van der Waals surface area contributed by atoms with Gasteiger partial charge in [0.05, 0.1) is 38.2 Å². The Balaban J connectivity index is 1.22. The van der Waals surface area contributed by atoms with Crippen LogP contribution >= 0.6 is 22.7 Å². The highest BCUT2D eigenvalue weighted by Gasteiger charge is 2.30. The molecule has 1 atom stereocenters. The van der Waals surface area contributed by atoms with Crippen LogP contribution in [-0.4, -0.2) is 6.04 Å². The summed E-state index contributed by atoms with van der Waals surface area (Å²) in [5.41, 5.74) is 10.1. The Morgan fingerprint density at radius 1 is 0.515 bits per heavy atom. The van der Waals surface area contributed by atoms with E-state index in [1.54, 1.807) is 0 Å². The number of hydrogen-bond acceptors (Lipinski definition) is 4. The van der Waals surface area contributed by atoms with Crippen molar-refractivity contribution in [2.24, 2.45) is 5.92 Å². The van der Waals surface area contributed by atoms with E-state index < -0.39 is 0 Å². The third kappa shape index (κ3) is 6.55. The van der Waals surface area contributed by atoms with Crippen molar-refractivity contribution in [2.75, 3.05) is 9.80 Å². The second-order valence-corrected chi connectivity index (χ2v) is 22.1. The maximum absolute atomic E-state index is 2.71. The van der Waals surface area contributed by atoms with Crippen LogP contribution in [0.4, 0.5) is 28.4 Å². The normalized spacial score (nSPS) is 14.7. The first-order valence-corrected chi connectivity index (χ1v) is 25.3. The Labute approximate surface area is 396 Å². The van der Waals surface area contributed by atoms with Gasteiger partial charge in [-0.1, -0.05) is 176 Å². The zero-order valence-electron chi connectivity index (χ0n) is 38.8. The fourth-order valence-electron chi connectivity index (χ4n) is 10.7. The van der Waals surface area contributed by atoms with Crippen LogP contribution < -0.4 is 9.80 Å². The lowest BCUT2D eigenvalue weighted by molar-refractivity contribution is 0.591. The molecule has 0 N–H and O–H groups in total. The van der Waals surface area contributed by atoms with E-state index >= 15 is 0 Å². The van der Waals surface area contributed by atoms with Crippen LogP contribution in [0.1, 0.15) is 71.9 Å². The predicted octanol–water partition coefficient (Wildman–Crippen LogP) is 19.3. The molecule has 0 amide bonds. The fraction of sp³-hybridized carbons (Fsp3) is 0.194. The van der Waals surface area contributed by atoms with Gasteiger partial charge in [0.15, 0.2) is 0 Å². The molecule has 0 bridgehead atoms. The molecule has 12 rings (SSSR count). The summed E-state index contributed by atoms with van der Waals surface area (Å²) in [5, 5.41) is 13.0. The molecule has 11 aromatic rings. The minimum Gasteiger partial charge on any atom is -0.332 e. The van der Waals surface area contributed by atoms with Crippen LogP contribution in [0.5, 0.6) is 0 Å². The molecule has 0 radical (unpaired) electrons. The number of nitrogens with zero attached hydrogens (tertiary/aromatic N) is 2. The molecule has 2 nitrogen and oxygen atoms in total. The zero-order chi connectivity index (χ0) is 45.0. The highest BCUT2D eigenvalue weighted by Crippen LogP contribution is 2.53. The minimum absolute atomic E-state index is 0.0120. The Morgan fingerprint density at radius 3 is 1.67 bits per heavy atom. The third-order valence-corrected chi connectivity index (χ3v) is 16.6. The van der Waals surface area contributed by atoms with Gasteiger partial charge >= 0.3 is 0 Å². The Hall–Kier alpha value is -6.46. The molecular weight excluding hydrogens is 837 g/mol. The lowest BCUT2D eigenvalue weighted by Gasteiger charge is -2.37. The summed E-state index contributed by atoms with van der Waals surface area (Å²) in [6.45, 7) is 16.2. The first-order chi connectivity index (χ1) is 32.0. The lowest BCUT2D eigenvalue weighted by Crippen LogP contribution is -2.31. The smallest absolute Gasteiger partial charge is 0.0640 e. The van der Waals surface area contributed by atoms with Crippen molar-refractivity contribution in [3.05, 3.63) is 187 Å². The number of thiophene rings is 2. The molecule has 66 heavy (non-hydrogen) atoms. The van der Waals surface area contributed by atoms with Gasteiger partial charge < -0.3 is 9.80 Å². The molecule has 2 heterocycles. The third-order valence-electron chi connectivity index (χ3n) is 14.2. The summed E-state index contributed by atoms with van der Waals surface area (Å²) in [7, 11) is 0. The molecule has 1 unspecified atom stereocenters. The molecule has 0 spiro atoms. The number of allylic oxidation sites excluding steroid dienone is 2. The Kier molecular flexibility index (Phi) is 9.68. The van der Waals surface area contributed by atoms with E-state index in [9.17, 15) is 0 Å². The maximum Gasteiger partial charge on any atom is 0.0640 e. The van der Waals surface area contributed by atoms with E-state index in [2.05, 4.69) is 228 Å². The molecule has 0 saturated carbocycles. The molecule has 2 aromatic heterocycles. The summed E-state index contributed by atoms with van der Waals surface area (Å²) in [6.07, 6.45) is 8.28. The van der Waals surface area contributed by atoms with E-state index in [-0.39, 0.29) is 11.5 Å². The van der Waals surface area contributed by atoms with E-state index in [0.717, 1.165) is 12.1 Å². The molecule has 324 valence electrons. The highest BCUT2D eigenvalue weighted by atomic mass is 32.1. The van der Waals surface area contributed by atoms with Crippen molar-refractivity contribution in [1.82, 2.24) is 0 Å². The molecule has 1 aliphatic carbocycles. The number of benzene rings is 9. The first kappa shape index (κ1) is 41.0. The largest absolute Gasteiger partial charge is 0.332 e.